The number of aliphatic hydroxyl groups excluding tert-OH is 4. The number of halogens is 3. The predicted octanol–water partition coefficient (Wildman–Crippen LogP) is 1.66. The summed E-state index contributed by atoms with van der Waals surface area (Å²) in [6, 6.07) is 5.77. The Morgan fingerprint density at radius 3 is 2.32 bits per heavy atom. The molecule has 1 aromatic rings. The van der Waals surface area contributed by atoms with Crippen LogP contribution in [0.15, 0.2) is 60.2 Å². The maximum Gasteiger partial charge on any atom is 0.416 e. The Labute approximate surface area is 194 Å². The van der Waals surface area contributed by atoms with Crippen molar-refractivity contribution in [3.63, 3.8) is 0 Å². The third-order valence-electron chi connectivity index (χ3n) is 5.25. The summed E-state index contributed by atoms with van der Waals surface area (Å²) in [6.07, 6.45) is -9.15. The number of nitrogens with one attached hydrogen (secondary N) is 1. The fourth-order valence-electron chi connectivity index (χ4n) is 3.10. The summed E-state index contributed by atoms with van der Waals surface area (Å²) in [5.74, 6) is -0.312. The number of rotatable bonds is 8. The zero-order valence-corrected chi connectivity index (χ0v) is 18.6. The SMILES string of the molecule is C=C/C(=C\C=C(/C)C(=O)NC(C)c1ccc(OC2OC(CO)C(O)C(O)C2O)cc1)C(F)(F)F. The normalized spacial score (nSPS) is 27.1. The molecule has 5 N–H and O–H groups in total. The van der Waals surface area contributed by atoms with Gasteiger partial charge >= 0.3 is 6.18 Å². The first-order valence-corrected chi connectivity index (χ1v) is 10.3. The van der Waals surface area contributed by atoms with E-state index in [-0.39, 0.29) is 11.3 Å². The van der Waals surface area contributed by atoms with E-state index in [1.807, 2.05) is 0 Å². The highest BCUT2D eigenvalue weighted by molar-refractivity contribution is 5.93. The van der Waals surface area contributed by atoms with E-state index in [0.29, 0.717) is 11.6 Å². The van der Waals surface area contributed by atoms with Gasteiger partial charge in [-0.05, 0) is 37.6 Å². The van der Waals surface area contributed by atoms with E-state index in [2.05, 4.69) is 11.9 Å². The lowest BCUT2D eigenvalue weighted by atomic mass is 9.99. The minimum Gasteiger partial charge on any atom is -0.462 e. The van der Waals surface area contributed by atoms with E-state index in [0.717, 1.165) is 12.2 Å². The van der Waals surface area contributed by atoms with Crippen LogP contribution in [0.5, 0.6) is 5.75 Å². The first-order valence-electron chi connectivity index (χ1n) is 10.3. The van der Waals surface area contributed by atoms with Gasteiger partial charge < -0.3 is 35.2 Å². The monoisotopic (exact) mass is 487 g/mol. The van der Waals surface area contributed by atoms with Crippen molar-refractivity contribution in [1.29, 1.82) is 0 Å². The Balaban J connectivity index is 2.01. The molecule has 1 aliphatic rings. The Bertz CT molecular complexity index is 912. The van der Waals surface area contributed by atoms with Gasteiger partial charge in [-0.25, -0.2) is 0 Å². The minimum absolute atomic E-state index is 0.0676. The number of alkyl halides is 3. The molecule has 1 fully saturated rings. The highest BCUT2D eigenvalue weighted by Gasteiger charge is 2.44. The Kier molecular flexibility index (Phi) is 9.42. The second-order valence-corrected chi connectivity index (χ2v) is 7.75. The molecule has 6 atom stereocenters. The molecule has 1 heterocycles. The number of carbonyl (C=O) groups is 1. The maximum atomic E-state index is 12.7. The number of hydrogen-bond donors (Lipinski definition) is 5. The van der Waals surface area contributed by atoms with Crippen LogP contribution < -0.4 is 10.1 Å². The summed E-state index contributed by atoms with van der Waals surface area (Å²) in [6.45, 7) is 5.59. The molecule has 0 bridgehead atoms. The average Bonchev–Trinajstić information content (AvgIpc) is 2.79. The predicted molar refractivity (Wildman–Crippen MR) is 115 cm³/mol. The van der Waals surface area contributed by atoms with Crippen molar-refractivity contribution >= 4 is 5.91 Å². The van der Waals surface area contributed by atoms with Crippen LogP contribution in [0.1, 0.15) is 25.5 Å². The van der Waals surface area contributed by atoms with Crippen molar-refractivity contribution in [2.45, 2.75) is 56.8 Å². The molecule has 0 saturated carbocycles. The van der Waals surface area contributed by atoms with Gasteiger partial charge in [0.15, 0.2) is 0 Å². The average molecular weight is 487 g/mol. The number of hydrogen-bond acceptors (Lipinski definition) is 7. The summed E-state index contributed by atoms with van der Waals surface area (Å²) in [5.41, 5.74) is -0.249. The van der Waals surface area contributed by atoms with Gasteiger partial charge in [0.05, 0.1) is 18.2 Å². The van der Waals surface area contributed by atoms with E-state index < -0.39 is 61.0 Å². The van der Waals surface area contributed by atoms with Gasteiger partial charge in [0.25, 0.3) is 0 Å². The number of carbonyl (C=O) groups excluding carboxylic acids is 1. The fourth-order valence-corrected chi connectivity index (χ4v) is 3.10. The molecule has 2 rings (SSSR count). The van der Waals surface area contributed by atoms with Gasteiger partial charge in [0, 0.05) is 5.57 Å². The van der Waals surface area contributed by atoms with Crippen molar-refractivity contribution in [3.8, 4) is 5.75 Å². The highest BCUT2D eigenvalue weighted by atomic mass is 19.4. The van der Waals surface area contributed by atoms with Crippen LogP contribution >= 0.6 is 0 Å². The molecular weight excluding hydrogens is 459 g/mol. The summed E-state index contributed by atoms with van der Waals surface area (Å²) < 4.78 is 49.0. The van der Waals surface area contributed by atoms with E-state index in [9.17, 15) is 38.4 Å². The molecule has 1 amide bonds. The zero-order chi connectivity index (χ0) is 25.6. The molecule has 11 heteroatoms. The molecule has 0 aliphatic carbocycles. The van der Waals surface area contributed by atoms with Crippen molar-refractivity contribution in [3.05, 3.63) is 65.8 Å². The standard InChI is InChI=1S/C23H28F3NO7/c1-4-15(23(24,25)26)8-5-12(2)21(32)27-13(3)14-6-9-16(10-7-14)33-22-20(31)19(30)18(29)17(11-28)34-22/h4-10,13,17-20,22,28-31H,1,11H2,2-3H3,(H,27,32)/b12-5+,15-8+. The zero-order valence-electron chi connectivity index (χ0n) is 18.6. The summed E-state index contributed by atoms with van der Waals surface area (Å²) in [5, 5.41) is 41.6. The third kappa shape index (κ3) is 6.90. The Morgan fingerprint density at radius 1 is 1.18 bits per heavy atom. The van der Waals surface area contributed by atoms with Crippen LogP contribution in [-0.2, 0) is 9.53 Å². The first-order chi connectivity index (χ1) is 15.9. The van der Waals surface area contributed by atoms with E-state index in [4.69, 9.17) is 9.47 Å². The molecule has 188 valence electrons. The van der Waals surface area contributed by atoms with Gasteiger partial charge in [0.1, 0.15) is 30.2 Å². The second kappa shape index (κ2) is 11.6. The smallest absolute Gasteiger partial charge is 0.416 e. The number of allylic oxidation sites excluding steroid dienone is 4. The summed E-state index contributed by atoms with van der Waals surface area (Å²) >= 11 is 0. The van der Waals surface area contributed by atoms with Crippen LogP contribution in [0, 0.1) is 0 Å². The third-order valence-corrected chi connectivity index (χ3v) is 5.25. The largest absolute Gasteiger partial charge is 0.462 e. The minimum atomic E-state index is -4.57. The van der Waals surface area contributed by atoms with Crippen molar-refractivity contribution < 1.29 is 47.9 Å². The van der Waals surface area contributed by atoms with Gasteiger partial charge in [-0.2, -0.15) is 13.2 Å². The molecule has 0 aromatic heterocycles. The fraction of sp³-hybridized carbons (Fsp3) is 0.435. The number of benzene rings is 1. The molecule has 1 aromatic carbocycles. The van der Waals surface area contributed by atoms with Crippen molar-refractivity contribution in [2.24, 2.45) is 0 Å². The Morgan fingerprint density at radius 2 is 1.79 bits per heavy atom. The molecule has 1 saturated heterocycles. The second-order valence-electron chi connectivity index (χ2n) is 7.75. The topological polar surface area (TPSA) is 128 Å². The summed E-state index contributed by atoms with van der Waals surface area (Å²) in [4.78, 5) is 12.3. The molecule has 8 nitrogen and oxygen atoms in total. The van der Waals surface area contributed by atoms with Gasteiger partial charge in [-0.3, -0.25) is 4.79 Å². The molecule has 1 aliphatic heterocycles. The Hall–Kier alpha value is -2.70. The number of aliphatic hydroxyl groups is 4. The number of ether oxygens (including phenoxy) is 2. The van der Waals surface area contributed by atoms with Gasteiger partial charge in [-0.15, -0.1) is 0 Å². The molecule has 0 spiro atoms. The molecule has 6 unspecified atom stereocenters. The van der Waals surface area contributed by atoms with Crippen LogP contribution in [0.2, 0.25) is 0 Å². The number of amides is 1. The van der Waals surface area contributed by atoms with E-state index in [1.54, 1.807) is 19.1 Å². The lowest BCUT2D eigenvalue weighted by Crippen LogP contribution is -2.60. The van der Waals surface area contributed by atoms with Crippen LogP contribution in [0.25, 0.3) is 0 Å². The van der Waals surface area contributed by atoms with Crippen LogP contribution in [0.3, 0.4) is 0 Å². The summed E-state index contributed by atoms with van der Waals surface area (Å²) in [7, 11) is 0. The molecular formula is C23H28F3NO7. The maximum absolute atomic E-state index is 12.7. The van der Waals surface area contributed by atoms with Gasteiger partial charge in [0.2, 0.25) is 12.2 Å². The van der Waals surface area contributed by atoms with Crippen molar-refractivity contribution in [2.75, 3.05) is 6.61 Å². The van der Waals surface area contributed by atoms with Crippen LogP contribution in [0.4, 0.5) is 13.2 Å². The van der Waals surface area contributed by atoms with E-state index >= 15 is 0 Å². The first kappa shape index (κ1) is 27.5. The van der Waals surface area contributed by atoms with E-state index in [1.165, 1.54) is 19.1 Å². The van der Waals surface area contributed by atoms with Gasteiger partial charge in [-0.1, -0.05) is 30.9 Å². The highest BCUT2D eigenvalue weighted by Crippen LogP contribution is 2.27. The quantitative estimate of drug-likeness (QED) is 0.279. The lowest BCUT2D eigenvalue weighted by Gasteiger charge is -2.39. The van der Waals surface area contributed by atoms with Crippen molar-refractivity contribution in [1.82, 2.24) is 5.32 Å². The molecule has 34 heavy (non-hydrogen) atoms. The van der Waals surface area contributed by atoms with Crippen LogP contribution in [-0.4, -0.2) is 69.8 Å². The lowest BCUT2D eigenvalue weighted by molar-refractivity contribution is -0.277. The molecule has 0 radical (unpaired) electrons.